The molecule has 3 heteroatoms. The van der Waals surface area contributed by atoms with Crippen LogP contribution in [0.15, 0.2) is 16.7 Å². The summed E-state index contributed by atoms with van der Waals surface area (Å²) in [7, 11) is 0. The maximum Gasteiger partial charge on any atom is 0.166 e. The third-order valence-corrected chi connectivity index (χ3v) is 7.68. The van der Waals surface area contributed by atoms with Gasteiger partial charge in [-0.1, -0.05) is 27.2 Å². The molecule has 0 aromatic carbocycles. The molecule has 126 valence electrons. The van der Waals surface area contributed by atoms with Crippen molar-refractivity contribution in [1.29, 1.82) is 0 Å². The van der Waals surface area contributed by atoms with Crippen LogP contribution in [0.5, 0.6) is 0 Å². The molecule has 1 aromatic heterocycles. The van der Waals surface area contributed by atoms with Crippen molar-refractivity contribution in [3.8, 4) is 0 Å². The van der Waals surface area contributed by atoms with Gasteiger partial charge >= 0.3 is 0 Å². The minimum Gasteiger partial charge on any atom is -0.468 e. The molecule has 4 rings (SSSR count). The zero-order chi connectivity index (χ0) is 16.5. The van der Waals surface area contributed by atoms with Gasteiger partial charge in [-0.2, -0.15) is 0 Å². The van der Waals surface area contributed by atoms with E-state index in [1.807, 2.05) is 6.07 Å². The molecule has 0 unspecified atom stereocenters. The predicted molar refractivity (Wildman–Crippen MR) is 88.4 cm³/mol. The first-order chi connectivity index (χ1) is 10.8. The van der Waals surface area contributed by atoms with Crippen LogP contribution in [0, 0.1) is 22.7 Å². The standard InChI is InChI=1S/C20H28O3/c1-18(2)7-4-8-20(12-21)15(18)5-9-19(3)16(20)11-14(22)13-6-10-23-17(13)19/h6,10,15-16,21H,4-5,7-9,11-12H2,1-3H3/t15-,16-,19+,20+/m0/s1. The van der Waals surface area contributed by atoms with Crippen molar-refractivity contribution in [2.75, 3.05) is 6.61 Å². The van der Waals surface area contributed by atoms with E-state index in [0.717, 1.165) is 37.0 Å². The number of Topliss-reactive ketones (excluding diaryl/α,β-unsaturated/α-hetero) is 1. The van der Waals surface area contributed by atoms with Gasteiger partial charge in [-0.3, -0.25) is 4.79 Å². The van der Waals surface area contributed by atoms with Crippen molar-refractivity contribution in [2.24, 2.45) is 22.7 Å². The van der Waals surface area contributed by atoms with E-state index in [1.54, 1.807) is 6.26 Å². The second-order valence-corrected chi connectivity index (χ2v) is 9.09. The number of rotatable bonds is 1. The van der Waals surface area contributed by atoms with Crippen LogP contribution < -0.4 is 0 Å². The Balaban J connectivity index is 1.87. The van der Waals surface area contributed by atoms with Crippen molar-refractivity contribution in [3.05, 3.63) is 23.7 Å². The van der Waals surface area contributed by atoms with E-state index in [1.165, 1.54) is 6.42 Å². The minimum atomic E-state index is -0.130. The highest BCUT2D eigenvalue weighted by atomic mass is 16.3. The van der Waals surface area contributed by atoms with E-state index in [2.05, 4.69) is 20.8 Å². The van der Waals surface area contributed by atoms with Gasteiger partial charge in [0.05, 0.1) is 11.8 Å². The number of aliphatic hydroxyl groups is 1. The van der Waals surface area contributed by atoms with E-state index < -0.39 is 0 Å². The molecule has 1 heterocycles. The van der Waals surface area contributed by atoms with Crippen LogP contribution in [0.3, 0.4) is 0 Å². The molecule has 2 saturated carbocycles. The molecule has 0 aliphatic heterocycles. The Kier molecular flexibility index (Phi) is 3.17. The zero-order valence-electron chi connectivity index (χ0n) is 14.5. The van der Waals surface area contributed by atoms with Crippen molar-refractivity contribution in [1.82, 2.24) is 0 Å². The number of ketones is 1. The van der Waals surface area contributed by atoms with Gasteiger partial charge in [0, 0.05) is 23.9 Å². The molecule has 23 heavy (non-hydrogen) atoms. The van der Waals surface area contributed by atoms with Gasteiger partial charge in [0.15, 0.2) is 5.78 Å². The number of hydrogen-bond donors (Lipinski definition) is 1. The minimum absolute atomic E-state index is 0.112. The van der Waals surface area contributed by atoms with E-state index in [0.29, 0.717) is 12.3 Å². The van der Waals surface area contributed by atoms with Crippen molar-refractivity contribution >= 4 is 5.78 Å². The van der Waals surface area contributed by atoms with Gasteiger partial charge in [-0.15, -0.1) is 0 Å². The Hall–Kier alpha value is -1.09. The largest absolute Gasteiger partial charge is 0.468 e. The van der Waals surface area contributed by atoms with E-state index in [4.69, 9.17) is 4.42 Å². The maximum absolute atomic E-state index is 12.7. The molecule has 3 aliphatic rings. The molecule has 0 amide bonds. The molecule has 0 bridgehead atoms. The third kappa shape index (κ3) is 1.83. The summed E-state index contributed by atoms with van der Waals surface area (Å²) in [5.41, 5.74) is 0.786. The topological polar surface area (TPSA) is 50.4 Å². The highest BCUT2D eigenvalue weighted by Crippen LogP contribution is 2.66. The Labute approximate surface area is 138 Å². The van der Waals surface area contributed by atoms with Gasteiger partial charge in [0.1, 0.15) is 5.76 Å². The summed E-state index contributed by atoms with van der Waals surface area (Å²) in [6.45, 7) is 7.17. The molecule has 0 radical (unpaired) electrons. The van der Waals surface area contributed by atoms with Crippen LogP contribution in [0.1, 0.15) is 75.4 Å². The van der Waals surface area contributed by atoms with Crippen molar-refractivity contribution in [2.45, 2.75) is 64.7 Å². The summed E-state index contributed by atoms with van der Waals surface area (Å²) < 4.78 is 5.82. The molecule has 3 nitrogen and oxygen atoms in total. The Morgan fingerprint density at radius 2 is 2.00 bits per heavy atom. The summed E-state index contributed by atoms with van der Waals surface area (Å²) in [5, 5.41) is 10.5. The third-order valence-electron chi connectivity index (χ3n) is 7.68. The second kappa shape index (κ2) is 4.72. The average molecular weight is 316 g/mol. The lowest BCUT2D eigenvalue weighted by Gasteiger charge is -2.63. The highest BCUT2D eigenvalue weighted by molar-refractivity contribution is 5.99. The van der Waals surface area contributed by atoms with Crippen LogP contribution in [0.4, 0.5) is 0 Å². The van der Waals surface area contributed by atoms with Crippen LogP contribution in [-0.4, -0.2) is 17.5 Å². The van der Waals surface area contributed by atoms with Crippen LogP contribution in [0.2, 0.25) is 0 Å². The summed E-state index contributed by atoms with van der Waals surface area (Å²) in [4.78, 5) is 12.7. The second-order valence-electron chi connectivity index (χ2n) is 9.09. The molecule has 0 spiro atoms. The summed E-state index contributed by atoms with van der Waals surface area (Å²) in [6.07, 6.45) is 7.82. The average Bonchev–Trinajstić information content (AvgIpc) is 3.00. The van der Waals surface area contributed by atoms with Gasteiger partial charge in [0.25, 0.3) is 0 Å². The number of aliphatic hydroxyl groups excluding tert-OH is 1. The first-order valence-electron chi connectivity index (χ1n) is 9.07. The Morgan fingerprint density at radius 3 is 2.74 bits per heavy atom. The van der Waals surface area contributed by atoms with Gasteiger partial charge in [0.2, 0.25) is 0 Å². The molecule has 1 N–H and O–H groups in total. The molecular weight excluding hydrogens is 288 g/mol. The van der Waals surface area contributed by atoms with Gasteiger partial charge in [-0.25, -0.2) is 0 Å². The van der Waals surface area contributed by atoms with E-state index in [-0.39, 0.29) is 34.6 Å². The SMILES string of the molecule is CC1(C)CCC[C@]2(CO)[C@H]3CC(=O)c4ccoc4[C@]3(C)CC[C@@H]12. The molecule has 1 aromatic rings. The Morgan fingerprint density at radius 1 is 1.22 bits per heavy atom. The summed E-state index contributed by atoms with van der Waals surface area (Å²) in [5.74, 6) is 1.78. The summed E-state index contributed by atoms with van der Waals surface area (Å²) in [6, 6.07) is 1.83. The lowest BCUT2D eigenvalue weighted by Crippen LogP contribution is -2.60. The van der Waals surface area contributed by atoms with Crippen LogP contribution in [0.25, 0.3) is 0 Å². The maximum atomic E-state index is 12.7. The first kappa shape index (κ1) is 15.4. The zero-order valence-corrected chi connectivity index (χ0v) is 14.5. The number of furan rings is 1. The fourth-order valence-electron chi connectivity index (χ4n) is 6.61. The van der Waals surface area contributed by atoms with Gasteiger partial charge < -0.3 is 9.52 Å². The lowest BCUT2D eigenvalue weighted by molar-refractivity contribution is -0.144. The molecule has 4 atom stereocenters. The smallest absolute Gasteiger partial charge is 0.166 e. The molecule has 3 aliphatic carbocycles. The fraction of sp³-hybridized carbons (Fsp3) is 0.750. The predicted octanol–water partition coefficient (Wildman–Crippen LogP) is 4.34. The summed E-state index contributed by atoms with van der Waals surface area (Å²) >= 11 is 0. The van der Waals surface area contributed by atoms with Crippen LogP contribution in [-0.2, 0) is 5.41 Å². The quantitative estimate of drug-likeness (QED) is 0.838. The Bertz CT molecular complexity index is 643. The number of fused-ring (bicyclic) bond motifs is 5. The van der Waals surface area contributed by atoms with E-state index in [9.17, 15) is 9.90 Å². The first-order valence-corrected chi connectivity index (χ1v) is 9.07. The lowest BCUT2D eigenvalue weighted by atomic mass is 9.41. The van der Waals surface area contributed by atoms with Gasteiger partial charge in [-0.05, 0) is 49.0 Å². The molecule has 0 saturated heterocycles. The fourth-order valence-corrected chi connectivity index (χ4v) is 6.61. The number of hydrogen-bond acceptors (Lipinski definition) is 3. The van der Waals surface area contributed by atoms with E-state index >= 15 is 0 Å². The number of carbonyl (C=O) groups excluding carboxylic acids is 1. The molecule has 2 fully saturated rings. The monoisotopic (exact) mass is 316 g/mol. The molecular formula is C20H28O3. The van der Waals surface area contributed by atoms with Crippen molar-refractivity contribution < 1.29 is 14.3 Å². The van der Waals surface area contributed by atoms with Crippen molar-refractivity contribution in [3.63, 3.8) is 0 Å². The number of carbonyl (C=O) groups is 1. The highest BCUT2D eigenvalue weighted by Gasteiger charge is 2.63. The normalized spacial score (nSPS) is 41.8. The van der Waals surface area contributed by atoms with Crippen LogP contribution >= 0.6 is 0 Å².